The Labute approximate surface area is 199 Å². The number of aryl methyl sites for hydroxylation is 4. The van der Waals surface area contributed by atoms with Crippen molar-refractivity contribution in [2.45, 2.75) is 70.0 Å². The van der Waals surface area contributed by atoms with Gasteiger partial charge in [0.2, 0.25) is 5.91 Å². The molecule has 0 aliphatic heterocycles. The van der Waals surface area contributed by atoms with Crippen LogP contribution in [0.2, 0.25) is 0 Å². The van der Waals surface area contributed by atoms with Gasteiger partial charge < -0.3 is 10.3 Å². The van der Waals surface area contributed by atoms with E-state index in [0.717, 1.165) is 47.3 Å². The molecule has 170 valence electrons. The fourth-order valence-corrected chi connectivity index (χ4v) is 7.76. The van der Waals surface area contributed by atoms with Crippen molar-refractivity contribution >= 4 is 50.6 Å². The van der Waals surface area contributed by atoms with Gasteiger partial charge in [0.15, 0.2) is 0 Å². The molecule has 0 saturated heterocycles. The van der Waals surface area contributed by atoms with Gasteiger partial charge in [-0.3, -0.25) is 9.59 Å². The number of hydrogen-bond acceptors (Lipinski definition) is 7. The number of nitrogens with zero attached hydrogens (tertiary/aromatic N) is 2. The Morgan fingerprint density at radius 2 is 1.84 bits per heavy atom. The largest absolute Gasteiger partial charge is 0.356 e. The molecule has 0 spiro atoms. The fraction of sp³-hybridized carbons (Fsp3) is 0.565. The highest BCUT2D eigenvalue weighted by Crippen LogP contribution is 2.33. The third-order valence-electron chi connectivity index (χ3n) is 6.14. The number of carbonyl (C=O) groups excluding carboxylic acids is 1. The summed E-state index contributed by atoms with van der Waals surface area (Å²) in [5.74, 6) is 2.10. The Hall–Kier alpha value is -1.71. The third-order valence-corrected chi connectivity index (χ3v) is 9.51. The van der Waals surface area contributed by atoms with E-state index in [-0.39, 0.29) is 11.5 Å². The molecule has 0 atom stereocenters. The molecule has 0 aromatic carbocycles. The predicted octanol–water partition coefficient (Wildman–Crippen LogP) is 4.18. The molecule has 1 amide bonds. The normalized spacial score (nSPS) is 15.5. The molecule has 2 aliphatic rings. The zero-order valence-corrected chi connectivity index (χ0v) is 20.6. The number of aromatic nitrogens is 3. The molecule has 32 heavy (non-hydrogen) atoms. The number of thiazole rings is 1. The summed E-state index contributed by atoms with van der Waals surface area (Å²) in [5.41, 5.74) is 2.50. The van der Waals surface area contributed by atoms with Gasteiger partial charge >= 0.3 is 0 Å². The highest BCUT2D eigenvalue weighted by Gasteiger charge is 2.20. The summed E-state index contributed by atoms with van der Waals surface area (Å²) in [6.45, 7) is 0.643. The lowest BCUT2D eigenvalue weighted by Gasteiger charge is -2.09. The molecule has 3 aromatic heterocycles. The van der Waals surface area contributed by atoms with Crippen LogP contribution in [-0.4, -0.2) is 33.2 Å². The first-order chi connectivity index (χ1) is 15.7. The first kappa shape index (κ1) is 22.1. The van der Waals surface area contributed by atoms with E-state index in [0.29, 0.717) is 30.3 Å². The lowest BCUT2D eigenvalue weighted by atomic mass is 9.97. The zero-order valence-electron chi connectivity index (χ0n) is 18.1. The van der Waals surface area contributed by atoms with E-state index in [1.807, 2.05) is 11.3 Å². The molecule has 6 nitrogen and oxygen atoms in total. The molecular weight excluding hydrogens is 460 g/mol. The Kier molecular flexibility index (Phi) is 6.94. The molecule has 3 heterocycles. The van der Waals surface area contributed by atoms with Gasteiger partial charge in [-0.15, -0.1) is 22.7 Å². The SMILES string of the molecule is O=C(CCSCc1nc2sc3c(c2c(=O)[nH]1)CCCC3)NCCc1nc2c(s1)CCCC2. The van der Waals surface area contributed by atoms with Gasteiger partial charge in [-0.05, 0) is 56.9 Å². The maximum atomic E-state index is 12.6. The van der Waals surface area contributed by atoms with E-state index in [1.165, 1.54) is 46.7 Å². The van der Waals surface area contributed by atoms with Crippen molar-refractivity contribution < 1.29 is 4.79 Å². The second kappa shape index (κ2) is 10.1. The minimum absolute atomic E-state index is 0.00777. The van der Waals surface area contributed by atoms with Crippen LogP contribution in [-0.2, 0) is 42.7 Å². The van der Waals surface area contributed by atoms with E-state index < -0.39 is 0 Å². The quantitative estimate of drug-likeness (QED) is 0.465. The van der Waals surface area contributed by atoms with Crippen LogP contribution >= 0.6 is 34.4 Å². The fourth-order valence-electron chi connectivity index (χ4n) is 4.52. The Balaban J connectivity index is 1.06. The Bertz CT molecular complexity index is 1160. The minimum atomic E-state index is -0.00777. The van der Waals surface area contributed by atoms with Gasteiger partial charge in [-0.2, -0.15) is 11.8 Å². The molecule has 0 saturated carbocycles. The van der Waals surface area contributed by atoms with Gasteiger partial charge in [0.1, 0.15) is 10.7 Å². The second-order valence-corrected chi connectivity index (χ2v) is 11.8. The number of H-pyrrole nitrogens is 1. The van der Waals surface area contributed by atoms with Gasteiger partial charge in [0.25, 0.3) is 5.56 Å². The molecule has 0 bridgehead atoms. The summed E-state index contributed by atoms with van der Waals surface area (Å²) < 4.78 is 0. The number of thiophene rings is 1. The van der Waals surface area contributed by atoms with Crippen LogP contribution in [0.15, 0.2) is 4.79 Å². The summed E-state index contributed by atoms with van der Waals surface area (Å²) in [6.07, 6.45) is 10.5. The maximum Gasteiger partial charge on any atom is 0.259 e. The topological polar surface area (TPSA) is 87.7 Å². The number of nitrogens with one attached hydrogen (secondary N) is 2. The average Bonchev–Trinajstić information content (AvgIpc) is 3.37. The summed E-state index contributed by atoms with van der Waals surface area (Å²) in [7, 11) is 0. The Morgan fingerprint density at radius 1 is 1.03 bits per heavy atom. The van der Waals surface area contributed by atoms with Crippen LogP contribution in [0, 0.1) is 0 Å². The van der Waals surface area contributed by atoms with Gasteiger partial charge in [0, 0.05) is 34.9 Å². The number of hydrogen-bond donors (Lipinski definition) is 2. The van der Waals surface area contributed by atoms with E-state index in [1.54, 1.807) is 23.1 Å². The first-order valence-electron chi connectivity index (χ1n) is 11.5. The molecule has 2 aliphatic carbocycles. The Morgan fingerprint density at radius 3 is 2.72 bits per heavy atom. The maximum absolute atomic E-state index is 12.6. The lowest BCUT2D eigenvalue weighted by Crippen LogP contribution is -2.25. The summed E-state index contributed by atoms with van der Waals surface area (Å²) in [4.78, 5) is 40.8. The molecule has 2 N–H and O–H groups in total. The molecule has 0 fully saturated rings. The van der Waals surface area contributed by atoms with Crippen molar-refractivity contribution in [1.29, 1.82) is 0 Å². The highest BCUT2D eigenvalue weighted by molar-refractivity contribution is 7.98. The molecule has 3 aromatic rings. The van der Waals surface area contributed by atoms with Gasteiger partial charge in [-0.25, -0.2) is 9.97 Å². The van der Waals surface area contributed by atoms with E-state index in [2.05, 4.69) is 10.3 Å². The van der Waals surface area contributed by atoms with Crippen LogP contribution in [0.1, 0.15) is 63.9 Å². The van der Waals surface area contributed by atoms with Gasteiger partial charge in [-0.1, -0.05) is 0 Å². The standard InChI is InChI=1S/C23H28N4O2S3/c28-19(24-11-9-20-25-15-6-2-4-8-17(15)31-20)10-12-30-13-18-26-22(29)21-14-5-1-3-7-16(14)32-23(21)27-18/h1-13H2,(H,24,28)(H,26,27,29). The van der Waals surface area contributed by atoms with Crippen molar-refractivity contribution in [3.63, 3.8) is 0 Å². The van der Waals surface area contributed by atoms with Crippen LogP contribution in [0.4, 0.5) is 0 Å². The molecular formula is C23H28N4O2S3. The number of carbonyl (C=O) groups is 1. The predicted molar refractivity (Wildman–Crippen MR) is 133 cm³/mol. The summed E-state index contributed by atoms with van der Waals surface area (Å²) >= 11 is 5.13. The number of rotatable bonds is 8. The average molecular weight is 489 g/mol. The van der Waals surface area contributed by atoms with Crippen LogP contribution in [0.5, 0.6) is 0 Å². The van der Waals surface area contributed by atoms with Crippen molar-refractivity contribution in [3.05, 3.63) is 42.2 Å². The number of fused-ring (bicyclic) bond motifs is 4. The van der Waals surface area contributed by atoms with E-state index >= 15 is 0 Å². The smallest absolute Gasteiger partial charge is 0.259 e. The monoisotopic (exact) mass is 488 g/mol. The first-order valence-corrected chi connectivity index (χ1v) is 14.3. The van der Waals surface area contributed by atoms with Crippen molar-refractivity contribution in [2.24, 2.45) is 0 Å². The summed E-state index contributed by atoms with van der Waals surface area (Å²) in [6, 6.07) is 0. The van der Waals surface area contributed by atoms with Gasteiger partial charge in [0.05, 0.1) is 21.8 Å². The van der Waals surface area contributed by atoms with Crippen LogP contribution in [0.3, 0.4) is 0 Å². The molecule has 5 rings (SSSR count). The van der Waals surface area contributed by atoms with Crippen molar-refractivity contribution in [1.82, 2.24) is 20.3 Å². The minimum Gasteiger partial charge on any atom is -0.356 e. The molecule has 0 radical (unpaired) electrons. The number of amides is 1. The van der Waals surface area contributed by atoms with Crippen LogP contribution < -0.4 is 10.9 Å². The van der Waals surface area contributed by atoms with E-state index in [4.69, 9.17) is 9.97 Å². The summed E-state index contributed by atoms with van der Waals surface area (Å²) in [5, 5.41) is 4.96. The number of thioether (sulfide) groups is 1. The highest BCUT2D eigenvalue weighted by atomic mass is 32.2. The van der Waals surface area contributed by atoms with E-state index in [9.17, 15) is 9.59 Å². The molecule has 9 heteroatoms. The second-order valence-electron chi connectivity index (χ2n) is 8.49. The zero-order chi connectivity index (χ0) is 21.9. The van der Waals surface area contributed by atoms with Crippen molar-refractivity contribution in [3.8, 4) is 0 Å². The molecule has 0 unspecified atom stereocenters. The third kappa shape index (κ3) is 4.94. The van der Waals surface area contributed by atoms with Crippen molar-refractivity contribution in [2.75, 3.05) is 12.3 Å². The van der Waals surface area contributed by atoms with Crippen LogP contribution in [0.25, 0.3) is 10.2 Å². The lowest BCUT2D eigenvalue weighted by molar-refractivity contribution is -0.120. The number of aromatic amines is 1.